The Morgan fingerprint density at radius 1 is 1.18 bits per heavy atom. The molecule has 0 aliphatic rings. The molecule has 0 unspecified atom stereocenters. The number of pyridine rings is 2. The topological polar surface area (TPSA) is 99.5 Å². The molecule has 0 radical (unpaired) electrons. The molecule has 0 spiro atoms. The van der Waals surface area contributed by atoms with E-state index in [0.29, 0.717) is 23.3 Å². The molecule has 3 aromatic rings. The predicted molar refractivity (Wildman–Crippen MR) is 114 cm³/mol. The fourth-order valence-corrected chi connectivity index (χ4v) is 2.95. The van der Waals surface area contributed by atoms with E-state index in [1.165, 1.54) is 0 Å². The molecule has 0 aliphatic carbocycles. The number of rotatable bonds is 6. The quantitative estimate of drug-likeness (QED) is 0.559. The van der Waals surface area contributed by atoms with E-state index in [1.54, 1.807) is 19.3 Å². The molecule has 0 amide bonds. The van der Waals surface area contributed by atoms with Crippen molar-refractivity contribution in [3.05, 3.63) is 53.5 Å². The van der Waals surface area contributed by atoms with Crippen LogP contribution >= 0.6 is 0 Å². The summed E-state index contributed by atoms with van der Waals surface area (Å²) in [7, 11) is 1.82. The molecule has 3 N–H and O–H groups in total. The number of aromatic nitrogens is 4. The Labute approximate surface area is 164 Å². The first-order valence-corrected chi connectivity index (χ1v) is 9.20. The smallest absolute Gasteiger partial charge is 0.154 e. The molecule has 3 heterocycles. The Balaban J connectivity index is 2.03. The van der Waals surface area contributed by atoms with Crippen molar-refractivity contribution in [3.8, 4) is 0 Å². The minimum Gasteiger partial charge on any atom is -0.393 e. The Kier molecular flexibility index (Phi) is 5.63. The predicted octanol–water partition coefficient (Wildman–Crippen LogP) is 4.20. The molecular weight excluding hydrogens is 350 g/mol. The van der Waals surface area contributed by atoms with Crippen molar-refractivity contribution in [2.75, 3.05) is 12.4 Å². The molecule has 0 saturated heterocycles. The number of nitrogens with one attached hydrogen (secondary N) is 3. The molecule has 3 aromatic heterocycles. The summed E-state index contributed by atoms with van der Waals surface area (Å²) in [5.41, 5.74) is 5.84. The van der Waals surface area contributed by atoms with E-state index in [1.807, 2.05) is 38.4 Å². The van der Waals surface area contributed by atoms with Crippen LogP contribution in [0.1, 0.15) is 43.4 Å². The Hall–Kier alpha value is -3.35. The summed E-state index contributed by atoms with van der Waals surface area (Å²) < 4.78 is 0. The first kappa shape index (κ1) is 19.4. The molecule has 0 fully saturated rings. The summed E-state index contributed by atoms with van der Waals surface area (Å²) in [6.07, 6.45) is 5.39. The van der Waals surface area contributed by atoms with Crippen LogP contribution in [-0.2, 0) is 0 Å². The lowest BCUT2D eigenvalue weighted by atomic mass is 9.99. The van der Waals surface area contributed by atoms with E-state index in [9.17, 15) is 0 Å². The number of anilines is 2. The van der Waals surface area contributed by atoms with Gasteiger partial charge in [-0.1, -0.05) is 13.8 Å². The summed E-state index contributed by atoms with van der Waals surface area (Å²) in [5, 5.41) is 22.5. The van der Waals surface area contributed by atoms with Crippen molar-refractivity contribution >= 4 is 34.0 Å². The summed E-state index contributed by atoms with van der Waals surface area (Å²) in [6.45, 7) is 8.00. The number of fused-ring (bicyclic) bond motifs is 1. The van der Waals surface area contributed by atoms with Crippen molar-refractivity contribution in [2.45, 2.75) is 33.6 Å². The van der Waals surface area contributed by atoms with Gasteiger partial charge < -0.3 is 16.0 Å². The lowest BCUT2D eigenvalue weighted by molar-refractivity contribution is 0.843. The van der Waals surface area contributed by atoms with Gasteiger partial charge in [-0.15, -0.1) is 5.10 Å². The third-order valence-corrected chi connectivity index (χ3v) is 4.55. The van der Waals surface area contributed by atoms with Crippen LogP contribution in [0.25, 0.3) is 16.6 Å². The maximum atomic E-state index is 8.06. The van der Waals surface area contributed by atoms with E-state index in [4.69, 9.17) is 10.4 Å². The van der Waals surface area contributed by atoms with Gasteiger partial charge in [-0.25, -0.2) is 4.98 Å². The standard InChI is InChI=1S/C21H25N7/c1-12(2)15-8-20(28-25-9-15)26-19-7-6-18-21(27-19)13(3)16(11-24-18)17(10-23-5)14(4)22/h6-12,22-23H,1-5H3,(H,26,27,28)/b17-10+,22-14?. The fourth-order valence-electron chi connectivity index (χ4n) is 2.95. The van der Waals surface area contributed by atoms with Gasteiger partial charge in [0.15, 0.2) is 5.82 Å². The maximum Gasteiger partial charge on any atom is 0.154 e. The van der Waals surface area contributed by atoms with E-state index in [-0.39, 0.29) is 0 Å². The molecule has 0 bridgehead atoms. The zero-order valence-electron chi connectivity index (χ0n) is 16.8. The number of aryl methyl sites for hydroxylation is 1. The van der Waals surface area contributed by atoms with E-state index in [0.717, 1.165) is 33.3 Å². The maximum absolute atomic E-state index is 8.06. The van der Waals surface area contributed by atoms with Gasteiger partial charge in [-0.2, -0.15) is 5.10 Å². The summed E-state index contributed by atoms with van der Waals surface area (Å²) >= 11 is 0. The number of hydrogen-bond donors (Lipinski definition) is 3. The molecule has 28 heavy (non-hydrogen) atoms. The van der Waals surface area contributed by atoms with E-state index >= 15 is 0 Å². The van der Waals surface area contributed by atoms with Gasteiger partial charge in [0.25, 0.3) is 0 Å². The SMILES string of the molecule is CN/C=C(\C(C)=N)c1cnc2ccc(Nc3cc(C(C)C)cnn3)nc2c1C. The highest BCUT2D eigenvalue weighted by Gasteiger charge is 2.13. The van der Waals surface area contributed by atoms with E-state index < -0.39 is 0 Å². The van der Waals surface area contributed by atoms with Gasteiger partial charge >= 0.3 is 0 Å². The Morgan fingerprint density at radius 3 is 2.64 bits per heavy atom. The molecule has 3 rings (SSSR count). The highest BCUT2D eigenvalue weighted by molar-refractivity contribution is 6.21. The molecule has 0 atom stereocenters. The second-order valence-corrected chi connectivity index (χ2v) is 6.99. The zero-order chi connectivity index (χ0) is 20.3. The highest BCUT2D eigenvalue weighted by atomic mass is 15.2. The van der Waals surface area contributed by atoms with Crippen LogP contribution in [0.3, 0.4) is 0 Å². The van der Waals surface area contributed by atoms with Crippen LogP contribution < -0.4 is 10.6 Å². The lowest BCUT2D eigenvalue weighted by Gasteiger charge is -2.13. The largest absolute Gasteiger partial charge is 0.393 e. The van der Waals surface area contributed by atoms with Crippen LogP contribution in [-0.4, -0.2) is 32.9 Å². The first-order valence-electron chi connectivity index (χ1n) is 9.20. The van der Waals surface area contributed by atoms with Crippen molar-refractivity contribution in [1.82, 2.24) is 25.5 Å². The lowest BCUT2D eigenvalue weighted by Crippen LogP contribution is -2.06. The molecule has 0 aliphatic heterocycles. The minimum atomic E-state index is 0.372. The molecule has 0 saturated carbocycles. The second-order valence-electron chi connectivity index (χ2n) is 6.99. The van der Waals surface area contributed by atoms with Crippen molar-refractivity contribution in [1.29, 1.82) is 5.41 Å². The Morgan fingerprint density at radius 2 is 1.96 bits per heavy atom. The zero-order valence-corrected chi connectivity index (χ0v) is 16.8. The van der Waals surface area contributed by atoms with Gasteiger partial charge in [0.2, 0.25) is 0 Å². The summed E-state index contributed by atoms with van der Waals surface area (Å²) in [4.78, 5) is 9.28. The summed E-state index contributed by atoms with van der Waals surface area (Å²) in [5.74, 6) is 1.71. The summed E-state index contributed by atoms with van der Waals surface area (Å²) in [6, 6.07) is 5.79. The van der Waals surface area contributed by atoms with Crippen LogP contribution in [0.5, 0.6) is 0 Å². The van der Waals surface area contributed by atoms with Crippen molar-refractivity contribution < 1.29 is 0 Å². The fraction of sp³-hybridized carbons (Fsp3) is 0.286. The molecule has 144 valence electrons. The molecule has 7 nitrogen and oxygen atoms in total. The first-order chi connectivity index (χ1) is 13.4. The van der Waals surface area contributed by atoms with Gasteiger partial charge in [-0.05, 0) is 49.1 Å². The molecule has 0 aromatic carbocycles. The minimum absolute atomic E-state index is 0.372. The highest BCUT2D eigenvalue weighted by Crippen LogP contribution is 2.26. The van der Waals surface area contributed by atoms with Crippen molar-refractivity contribution in [2.24, 2.45) is 0 Å². The van der Waals surface area contributed by atoms with Crippen LogP contribution in [0, 0.1) is 12.3 Å². The van der Waals surface area contributed by atoms with Crippen LogP contribution in [0.4, 0.5) is 11.6 Å². The van der Waals surface area contributed by atoms with Gasteiger partial charge in [0.05, 0.1) is 17.2 Å². The van der Waals surface area contributed by atoms with Gasteiger partial charge in [0.1, 0.15) is 5.82 Å². The van der Waals surface area contributed by atoms with Gasteiger partial charge in [0, 0.05) is 36.3 Å². The number of allylic oxidation sites excluding steroid dienone is 1. The second kappa shape index (κ2) is 8.12. The third kappa shape index (κ3) is 3.98. The molecular formula is C21H25N7. The average Bonchev–Trinajstić information content (AvgIpc) is 2.67. The number of nitrogens with zero attached hydrogens (tertiary/aromatic N) is 4. The average molecular weight is 375 g/mol. The molecule has 7 heteroatoms. The van der Waals surface area contributed by atoms with E-state index in [2.05, 4.69) is 39.7 Å². The normalized spacial score (nSPS) is 11.7. The van der Waals surface area contributed by atoms with Crippen LogP contribution in [0.15, 0.2) is 36.8 Å². The van der Waals surface area contributed by atoms with Crippen LogP contribution in [0.2, 0.25) is 0 Å². The van der Waals surface area contributed by atoms with Crippen molar-refractivity contribution in [3.63, 3.8) is 0 Å². The van der Waals surface area contributed by atoms with Gasteiger partial charge in [-0.3, -0.25) is 4.98 Å². The third-order valence-electron chi connectivity index (χ3n) is 4.55. The number of hydrogen-bond acceptors (Lipinski definition) is 7. The monoisotopic (exact) mass is 375 g/mol. The Bertz CT molecular complexity index is 1050.